The van der Waals surface area contributed by atoms with Gasteiger partial charge in [-0.2, -0.15) is 9.40 Å². The van der Waals surface area contributed by atoms with Crippen LogP contribution in [0.1, 0.15) is 38.6 Å². The summed E-state index contributed by atoms with van der Waals surface area (Å²) in [5, 5.41) is 7.19. The second-order valence-corrected chi connectivity index (χ2v) is 9.50. The van der Waals surface area contributed by atoms with E-state index in [2.05, 4.69) is 10.4 Å². The third-order valence-corrected chi connectivity index (χ3v) is 7.83. The van der Waals surface area contributed by atoms with Crippen LogP contribution in [0.3, 0.4) is 0 Å². The number of anilines is 2. The lowest BCUT2D eigenvalue weighted by Crippen LogP contribution is -2.41. The quantitative estimate of drug-likeness (QED) is 0.732. The molecule has 1 aromatic heterocycles. The van der Waals surface area contributed by atoms with Gasteiger partial charge in [-0.3, -0.25) is 14.3 Å². The second-order valence-electron chi connectivity index (χ2n) is 7.63. The van der Waals surface area contributed by atoms with Gasteiger partial charge in [0.05, 0.1) is 22.8 Å². The molecule has 1 atom stereocenters. The van der Waals surface area contributed by atoms with Crippen LogP contribution in [0, 0.1) is 13.8 Å². The smallest absolute Gasteiger partial charge is 0.249 e. The predicted octanol–water partition coefficient (Wildman–Crippen LogP) is 2.29. The number of hydrogen-bond acceptors (Lipinski definition) is 5. The van der Waals surface area contributed by atoms with Crippen molar-refractivity contribution in [2.24, 2.45) is 0 Å². The monoisotopic (exact) mass is 447 g/mol. The van der Waals surface area contributed by atoms with Crippen molar-refractivity contribution >= 4 is 33.2 Å². The fourth-order valence-corrected chi connectivity index (χ4v) is 5.90. The second kappa shape index (κ2) is 8.80. The summed E-state index contributed by atoms with van der Waals surface area (Å²) >= 11 is 0. The van der Waals surface area contributed by atoms with Crippen LogP contribution in [-0.2, 0) is 26.2 Å². The normalized spacial score (nSPS) is 16.8. The molecule has 9 nitrogen and oxygen atoms in total. The Hall–Kier alpha value is -2.72. The van der Waals surface area contributed by atoms with Gasteiger partial charge in [0.1, 0.15) is 11.4 Å². The van der Waals surface area contributed by atoms with Gasteiger partial charge in [0.15, 0.2) is 0 Å². The number of aryl methyl sites for hydroxylation is 1. The summed E-state index contributed by atoms with van der Waals surface area (Å²) in [7, 11) is -3.70. The van der Waals surface area contributed by atoms with Crippen LogP contribution in [0.4, 0.5) is 11.4 Å². The molecule has 1 aromatic carbocycles. The number of nitrogens with one attached hydrogen (secondary N) is 1. The van der Waals surface area contributed by atoms with E-state index in [9.17, 15) is 18.0 Å². The molecule has 3 rings (SSSR count). The summed E-state index contributed by atoms with van der Waals surface area (Å²) in [6.07, 6.45) is 0.166. The van der Waals surface area contributed by atoms with Crippen LogP contribution in [0.15, 0.2) is 29.2 Å². The molecule has 2 aromatic rings. The Kier molecular flexibility index (Phi) is 6.51. The Labute approximate surface area is 183 Å². The van der Waals surface area contributed by atoms with Crippen LogP contribution < -0.4 is 10.2 Å². The van der Waals surface area contributed by atoms with E-state index in [1.807, 2.05) is 6.92 Å². The number of amides is 2. The topological polar surface area (TPSA) is 105 Å². The molecule has 168 valence electrons. The Morgan fingerprint density at radius 2 is 1.87 bits per heavy atom. The van der Waals surface area contributed by atoms with Crippen molar-refractivity contribution in [1.82, 2.24) is 14.1 Å². The third kappa shape index (κ3) is 4.22. The van der Waals surface area contributed by atoms with Crippen LogP contribution in [0.25, 0.3) is 0 Å². The molecule has 0 saturated heterocycles. The molecule has 0 fully saturated rings. The maximum Gasteiger partial charge on any atom is 0.249 e. The van der Waals surface area contributed by atoms with Crippen molar-refractivity contribution in [3.63, 3.8) is 0 Å². The van der Waals surface area contributed by atoms with Gasteiger partial charge in [-0.15, -0.1) is 0 Å². The molecular weight excluding hydrogens is 418 g/mol. The molecule has 10 heteroatoms. The largest absolute Gasteiger partial charge is 0.324 e. The molecule has 0 saturated carbocycles. The Bertz CT molecular complexity index is 1100. The van der Waals surface area contributed by atoms with Crippen LogP contribution in [0.5, 0.6) is 0 Å². The maximum absolute atomic E-state index is 13.3. The number of para-hydroxylation sites is 2. The highest BCUT2D eigenvalue weighted by molar-refractivity contribution is 7.89. The summed E-state index contributed by atoms with van der Waals surface area (Å²) in [5.41, 5.74) is 1.97. The van der Waals surface area contributed by atoms with Gasteiger partial charge in [0.25, 0.3) is 0 Å². The summed E-state index contributed by atoms with van der Waals surface area (Å²) in [6.45, 7) is 9.26. The fraction of sp³-hybridized carbons (Fsp3) is 0.476. The zero-order chi connectivity index (χ0) is 22.9. The van der Waals surface area contributed by atoms with Crippen molar-refractivity contribution in [3.8, 4) is 0 Å². The number of benzene rings is 1. The number of hydrogen-bond donors (Lipinski definition) is 1. The van der Waals surface area contributed by atoms with Crippen molar-refractivity contribution in [2.75, 3.05) is 23.3 Å². The van der Waals surface area contributed by atoms with E-state index >= 15 is 0 Å². The van der Waals surface area contributed by atoms with Gasteiger partial charge in [0.2, 0.25) is 21.8 Å². The molecule has 0 radical (unpaired) electrons. The Morgan fingerprint density at radius 1 is 1.23 bits per heavy atom. The van der Waals surface area contributed by atoms with Crippen molar-refractivity contribution < 1.29 is 18.0 Å². The summed E-state index contributed by atoms with van der Waals surface area (Å²) in [6, 6.07) is 6.79. The first kappa shape index (κ1) is 23.0. The van der Waals surface area contributed by atoms with Gasteiger partial charge >= 0.3 is 0 Å². The van der Waals surface area contributed by atoms with Gasteiger partial charge in [-0.05, 0) is 32.9 Å². The number of aromatic nitrogens is 2. The molecule has 1 unspecified atom stereocenters. The van der Waals surface area contributed by atoms with Crippen molar-refractivity contribution in [3.05, 3.63) is 35.7 Å². The highest BCUT2D eigenvalue weighted by atomic mass is 32.2. The number of rotatable bonds is 6. The summed E-state index contributed by atoms with van der Waals surface area (Å²) in [5.74, 6) is -0.428. The van der Waals surface area contributed by atoms with E-state index < -0.39 is 10.0 Å². The van der Waals surface area contributed by atoms with E-state index in [0.717, 1.165) is 0 Å². The molecule has 1 aliphatic rings. The standard InChI is InChI=1S/C21H29N5O4S/c1-6-24(7-2)31(29,30)21-15(4)23-25(16(21)5)13-20(28)26-14(3)12-19(27)22-17-10-8-9-11-18(17)26/h8-11,14H,6-7,12-13H2,1-5H3,(H,22,27). The molecule has 2 amide bonds. The average Bonchev–Trinajstić information content (AvgIpc) is 2.89. The lowest BCUT2D eigenvalue weighted by atomic mass is 10.1. The lowest BCUT2D eigenvalue weighted by molar-refractivity contribution is -0.120. The van der Waals surface area contributed by atoms with Gasteiger partial charge in [-0.25, -0.2) is 8.42 Å². The lowest BCUT2D eigenvalue weighted by Gasteiger charge is -2.28. The number of carbonyl (C=O) groups is 2. The average molecular weight is 448 g/mol. The highest BCUT2D eigenvalue weighted by Crippen LogP contribution is 2.32. The number of sulfonamides is 1. The SMILES string of the molecule is CCN(CC)S(=O)(=O)c1c(C)nn(CC(=O)N2c3ccccc3NC(=O)CC2C)c1C. The molecule has 0 aliphatic carbocycles. The van der Waals surface area contributed by atoms with E-state index in [1.165, 1.54) is 8.99 Å². The third-order valence-electron chi connectivity index (χ3n) is 5.53. The zero-order valence-electron chi connectivity index (χ0n) is 18.5. The maximum atomic E-state index is 13.3. The van der Waals surface area contributed by atoms with Crippen LogP contribution in [-0.4, -0.2) is 53.4 Å². The first-order valence-corrected chi connectivity index (χ1v) is 11.8. The number of nitrogens with zero attached hydrogens (tertiary/aromatic N) is 4. The van der Waals surface area contributed by atoms with E-state index in [4.69, 9.17) is 0 Å². The molecule has 1 N–H and O–H groups in total. The van der Waals surface area contributed by atoms with E-state index in [0.29, 0.717) is 35.9 Å². The summed E-state index contributed by atoms with van der Waals surface area (Å²) < 4.78 is 28.9. The first-order valence-electron chi connectivity index (χ1n) is 10.4. The van der Waals surface area contributed by atoms with Crippen LogP contribution in [0.2, 0.25) is 0 Å². The number of carbonyl (C=O) groups excluding carboxylic acids is 2. The summed E-state index contributed by atoms with van der Waals surface area (Å²) in [4.78, 5) is 27.2. The molecular formula is C21H29N5O4S. The number of fused-ring (bicyclic) bond motifs is 1. The Balaban J connectivity index is 1.97. The molecule has 2 heterocycles. The first-order chi connectivity index (χ1) is 14.6. The van der Waals surface area contributed by atoms with Gasteiger partial charge in [-0.1, -0.05) is 26.0 Å². The molecule has 0 bridgehead atoms. The predicted molar refractivity (Wildman–Crippen MR) is 118 cm³/mol. The fourth-order valence-electron chi connectivity index (χ4n) is 4.07. The molecule has 31 heavy (non-hydrogen) atoms. The molecule has 0 spiro atoms. The van der Waals surface area contributed by atoms with Crippen molar-refractivity contribution in [2.45, 2.75) is 58.5 Å². The minimum absolute atomic E-state index is 0.132. The minimum atomic E-state index is -3.70. The van der Waals surface area contributed by atoms with Crippen molar-refractivity contribution in [1.29, 1.82) is 0 Å². The minimum Gasteiger partial charge on any atom is -0.324 e. The molecule has 1 aliphatic heterocycles. The van der Waals surface area contributed by atoms with E-state index in [-0.39, 0.29) is 35.7 Å². The van der Waals surface area contributed by atoms with Gasteiger partial charge in [0, 0.05) is 25.6 Å². The van der Waals surface area contributed by atoms with Crippen LogP contribution >= 0.6 is 0 Å². The highest BCUT2D eigenvalue weighted by Gasteiger charge is 2.32. The van der Waals surface area contributed by atoms with E-state index in [1.54, 1.807) is 56.9 Å². The Morgan fingerprint density at radius 3 is 2.52 bits per heavy atom. The zero-order valence-corrected chi connectivity index (χ0v) is 19.4. The van der Waals surface area contributed by atoms with Gasteiger partial charge < -0.3 is 10.2 Å².